The standard InChI is InChI=1S/C23H24N2OS/c1-18-21-13-8-14-24(21)15-16-25(18)22(26)17-27-23(19-9-4-2-5-10-19)20-11-6-3-7-12-20/h2-14,18,23H,15-17H2,1H3/t18-/m1/s1. The average molecular weight is 377 g/mol. The van der Waals surface area contributed by atoms with Crippen LogP contribution in [0.25, 0.3) is 0 Å². The van der Waals surface area contributed by atoms with Gasteiger partial charge in [-0.15, -0.1) is 11.8 Å². The molecule has 0 aliphatic carbocycles. The van der Waals surface area contributed by atoms with E-state index < -0.39 is 0 Å². The first-order chi connectivity index (χ1) is 13.2. The zero-order valence-electron chi connectivity index (χ0n) is 15.5. The van der Waals surface area contributed by atoms with Gasteiger partial charge in [-0.25, -0.2) is 0 Å². The smallest absolute Gasteiger partial charge is 0.233 e. The molecule has 1 aliphatic heterocycles. The van der Waals surface area contributed by atoms with Crippen LogP contribution in [0.15, 0.2) is 79.0 Å². The molecule has 0 radical (unpaired) electrons. The van der Waals surface area contributed by atoms with Crippen molar-refractivity contribution >= 4 is 17.7 Å². The molecule has 2 heterocycles. The summed E-state index contributed by atoms with van der Waals surface area (Å²) in [5.41, 5.74) is 3.70. The summed E-state index contributed by atoms with van der Waals surface area (Å²) in [5, 5.41) is 0.167. The van der Waals surface area contributed by atoms with Crippen LogP contribution in [-0.2, 0) is 11.3 Å². The SMILES string of the molecule is C[C@@H]1c2cccn2CCN1C(=O)CSC(c1ccccc1)c1ccccc1. The van der Waals surface area contributed by atoms with E-state index in [4.69, 9.17) is 0 Å². The van der Waals surface area contributed by atoms with E-state index >= 15 is 0 Å². The van der Waals surface area contributed by atoms with Gasteiger partial charge in [-0.1, -0.05) is 60.7 Å². The Hall–Kier alpha value is -2.46. The molecule has 1 atom stereocenters. The van der Waals surface area contributed by atoms with Crippen molar-refractivity contribution in [3.8, 4) is 0 Å². The summed E-state index contributed by atoms with van der Waals surface area (Å²) in [4.78, 5) is 15.0. The minimum Gasteiger partial charge on any atom is -0.348 e. The van der Waals surface area contributed by atoms with E-state index in [-0.39, 0.29) is 17.2 Å². The van der Waals surface area contributed by atoms with Crippen molar-refractivity contribution in [3.05, 3.63) is 95.8 Å². The van der Waals surface area contributed by atoms with Gasteiger partial charge in [-0.3, -0.25) is 4.79 Å². The van der Waals surface area contributed by atoms with Gasteiger partial charge in [0.25, 0.3) is 0 Å². The Balaban J connectivity index is 1.49. The van der Waals surface area contributed by atoms with Crippen molar-refractivity contribution in [2.24, 2.45) is 0 Å². The summed E-state index contributed by atoms with van der Waals surface area (Å²) in [6.07, 6.45) is 2.10. The van der Waals surface area contributed by atoms with E-state index in [9.17, 15) is 4.79 Å². The Kier molecular flexibility index (Phi) is 5.35. The minimum absolute atomic E-state index is 0.133. The number of benzene rings is 2. The third kappa shape index (κ3) is 3.81. The lowest BCUT2D eigenvalue weighted by Crippen LogP contribution is -2.41. The molecular weight excluding hydrogens is 352 g/mol. The van der Waals surface area contributed by atoms with Gasteiger partial charge in [0.05, 0.1) is 17.0 Å². The lowest BCUT2D eigenvalue weighted by molar-refractivity contribution is -0.131. The highest BCUT2D eigenvalue weighted by molar-refractivity contribution is 8.00. The van der Waals surface area contributed by atoms with Crippen LogP contribution in [-0.4, -0.2) is 27.7 Å². The Morgan fingerprint density at radius 3 is 2.22 bits per heavy atom. The van der Waals surface area contributed by atoms with E-state index in [1.54, 1.807) is 11.8 Å². The van der Waals surface area contributed by atoms with E-state index in [0.29, 0.717) is 5.75 Å². The van der Waals surface area contributed by atoms with Gasteiger partial charge in [-0.05, 0) is 30.2 Å². The molecule has 1 aliphatic rings. The number of carbonyl (C=O) groups is 1. The molecule has 0 unspecified atom stereocenters. The van der Waals surface area contributed by atoms with Gasteiger partial charge in [0.2, 0.25) is 5.91 Å². The highest BCUT2D eigenvalue weighted by Gasteiger charge is 2.28. The van der Waals surface area contributed by atoms with Crippen LogP contribution in [0.3, 0.4) is 0 Å². The van der Waals surface area contributed by atoms with Gasteiger partial charge >= 0.3 is 0 Å². The Labute approximate surface area is 165 Å². The third-order valence-electron chi connectivity index (χ3n) is 5.24. The Morgan fingerprint density at radius 2 is 1.59 bits per heavy atom. The van der Waals surface area contributed by atoms with Crippen molar-refractivity contribution in [2.45, 2.75) is 24.8 Å². The molecule has 0 saturated heterocycles. The van der Waals surface area contributed by atoms with E-state index in [1.807, 2.05) is 17.0 Å². The first kappa shape index (κ1) is 17.9. The number of thioether (sulfide) groups is 1. The predicted octanol–water partition coefficient (Wildman–Crippen LogP) is 4.91. The lowest BCUT2D eigenvalue weighted by Gasteiger charge is -2.35. The van der Waals surface area contributed by atoms with Crippen molar-refractivity contribution in [1.29, 1.82) is 0 Å². The van der Waals surface area contributed by atoms with Crippen LogP contribution in [0.5, 0.6) is 0 Å². The van der Waals surface area contributed by atoms with E-state index in [2.05, 4.69) is 78.4 Å². The van der Waals surface area contributed by atoms with Gasteiger partial charge in [0, 0.05) is 25.0 Å². The molecule has 1 aromatic heterocycles. The maximum Gasteiger partial charge on any atom is 0.233 e. The predicted molar refractivity (Wildman–Crippen MR) is 112 cm³/mol. The number of carbonyl (C=O) groups excluding carboxylic acids is 1. The molecule has 3 aromatic rings. The van der Waals surface area contributed by atoms with Gasteiger partial charge in [0.1, 0.15) is 0 Å². The molecule has 138 valence electrons. The molecule has 2 aromatic carbocycles. The van der Waals surface area contributed by atoms with Crippen LogP contribution < -0.4 is 0 Å². The zero-order valence-corrected chi connectivity index (χ0v) is 16.3. The summed E-state index contributed by atoms with van der Waals surface area (Å²) >= 11 is 1.72. The molecule has 0 saturated carbocycles. The van der Waals surface area contributed by atoms with Crippen LogP contribution in [0.4, 0.5) is 0 Å². The third-order valence-corrected chi connectivity index (χ3v) is 6.53. The Morgan fingerprint density at radius 1 is 0.963 bits per heavy atom. The van der Waals surface area contributed by atoms with E-state index in [0.717, 1.165) is 13.1 Å². The van der Waals surface area contributed by atoms with Crippen LogP contribution >= 0.6 is 11.8 Å². The number of nitrogens with zero attached hydrogens (tertiary/aromatic N) is 2. The van der Waals surface area contributed by atoms with Crippen LogP contribution in [0, 0.1) is 0 Å². The first-order valence-corrected chi connectivity index (χ1v) is 10.4. The molecule has 0 fully saturated rings. The maximum absolute atomic E-state index is 13.0. The highest BCUT2D eigenvalue weighted by atomic mass is 32.2. The molecular formula is C23H24N2OS. The van der Waals surface area contributed by atoms with Gasteiger partial charge in [0.15, 0.2) is 0 Å². The summed E-state index contributed by atoms with van der Waals surface area (Å²) in [5.74, 6) is 0.705. The number of aromatic nitrogens is 1. The summed E-state index contributed by atoms with van der Waals surface area (Å²) in [7, 11) is 0. The first-order valence-electron chi connectivity index (χ1n) is 9.40. The Bertz CT molecular complexity index is 852. The summed E-state index contributed by atoms with van der Waals surface area (Å²) < 4.78 is 2.25. The summed E-state index contributed by atoms with van der Waals surface area (Å²) in [6.45, 7) is 3.78. The molecule has 3 nitrogen and oxygen atoms in total. The largest absolute Gasteiger partial charge is 0.348 e. The van der Waals surface area contributed by atoms with E-state index in [1.165, 1.54) is 16.8 Å². The second-order valence-corrected chi connectivity index (χ2v) is 8.00. The fourth-order valence-electron chi connectivity index (χ4n) is 3.80. The quantitative estimate of drug-likeness (QED) is 0.632. The second kappa shape index (κ2) is 8.05. The molecule has 0 N–H and O–H groups in total. The number of fused-ring (bicyclic) bond motifs is 1. The van der Waals surface area contributed by atoms with Crippen molar-refractivity contribution in [3.63, 3.8) is 0 Å². The number of hydrogen-bond donors (Lipinski definition) is 0. The van der Waals surface area contributed by atoms with Crippen molar-refractivity contribution in [2.75, 3.05) is 12.3 Å². The second-order valence-electron chi connectivity index (χ2n) is 6.90. The molecule has 0 bridgehead atoms. The van der Waals surface area contributed by atoms with Crippen molar-refractivity contribution in [1.82, 2.24) is 9.47 Å². The molecule has 27 heavy (non-hydrogen) atoms. The zero-order chi connectivity index (χ0) is 18.6. The topological polar surface area (TPSA) is 25.2 Å². The van der Waals surface area contributed by atoms with Crippen LogP contribution in [0.1, 0.15) is 35.0 Å². The molecule has 4 rings (SSSR count). The molecule has 4 heteroatoms. The monoisotopic (exact) mass is 376 g/mol. The minimum atomic E-state index is 0.133. The fourth-order valence-corrected chi connectivity index (χ4v) is 4.97. The normalized spacial score (nSPS) is 16.4. The van der Waals surface area contributed by atoms with Crippen LogP contribution in [0.2, 0.25) is 0 Å². The van der Waals surface area contributed by atoms with Gasteiger partial charge < -0.3 is 9.47 Å². The molecule has 0 spiro atoms. The number of hydrogen-bond acceptors (Lipinski definition) is 2. The highest BCUT2D eigenvalue weighted by Crippen LogP contribution is 2.36. The number of amides is 1. The average Bonchev–Trinajstić information content (AvgIpc) is 3.20. The number of rotatable bonds is 5. The van der Waals surface area contributed by atoms with Gasteiger partial charge in [-0.2, -0.15) is 0 Å². The lowest BCUT2D eigenvalue weighted by atomic mass is 10.0. The fraction of sp³-hybridized carbons (Fsp3) is 0.261. The van der Waals surface area contributed by atoms with Crippen molar-refractivity contribution < 1.29 is 4.79 Å². The maximum atomic E-state index is 13.0. The summed E-state index contributed by atoms with van der Waals surface area (Å²) in [6, 6.07) is 25.2. The molecule has 1 amide bonds.